The number of amidine groups is 1. The van der Waals surface area contributed by atoms with E-state index in [1.165, 1.54) is 42.4 Å². The molecule has 1 N–H and O–H groups in total. The van der Waals surface area contributed by atoms with Crippen LogP contribution in [0.5, 0.6) is 5.75 Å². The van der Waals surface area contributed by atoms with Crippen molar-refractivity contribution in [1.82, 2.24) is 10.4 Å². The summed E-state index contributed by atoms with van der Waals surface area (Å²) in [7, 11) is -2.37. The summed E-state index contributed by atoms with van der Waals surface area (Å²) >= 11 is 5.84. The van der Waals surface area contributed by atoms with Gasteiger partial charge in [-0.05, 0) is 48.5 Å². The number of ether oxygens (including phenoxy) is 1. The summed E-state index contributed by atoms with van der Waals surface area (Å²) in [5.41, 5.74) is 3.29. The molecule has 1 heterocycles. The molecule has 10 heteroatoms. The van der Waals surface area contributed by atoms with Gasteiger partial charge in [0.05, 0.1) is 11.1 Å². The Morgan fingerprint density at radius 1 is 0.969 bits per heavy atom. The van der Waals surface area contributed by atoms with E-state index in [1.807, 2.05) is 0 Å². The monoisotopic (exact) mass is 469 g/mol. The molecule has 3 aromatic rings. The van der Waals surface area contributed by atoms with Crippen LogP contribution in [0, 0.1) is 0 Å². The van der Waals surface area contributed by atoms with Gasteiger partial charge in [-0.25, -0.2) is 4.79 Å². The number of carbonyl (C=O) groups is 2. The normalized spacial score (nSPS) is 13.6. The minimum atomic E-state index is -3.84. The van der Waals surface area contributed by atoms with Gasteiger partial charge in [0, 0.05) is 17.6 Å². The fraction of sp³-hybridized carbons (Fsp3) is 0.0455. The van der Waals surface area contributed by atoms with E-state index in [0.717, 1.165) is 0 Å². The van der Waals surface area contributed by atoms with Gasteiger partial charge >= 0.3 is 5.97 Å². The smallest absolute Gasteiger partial charge is 0.343 e. The number of carbonyl (C=O) groups excluding carboxylic acids is 2. The second-order valence-electron chi connectivity index (χ2n) is 6.78. The predicted molar refractivity (Wildman–Crippen MR) is 118 cm³/mol. The molecule has 0 aliphatic carbocycles. The highest BCUT2D eigenvalue weighted by Crippen LogP contribution is 2.27. The van der Waals surface area contributed by atoms with Crippen LogP contribution in [0.1, 0.15) is 26.3 Å². The second-order valence-corrected chi connectivity index (χ2v) is 8.79. The number of nitrogens with one attached hydrogen (secondary N) is 1. The Bertz CT molecular complexity index is 1350. The summed E-state index contributed by atoms with van der Waals surface area (Å²) in [4.78, 5) is 25.4. The van der Waals surface area contributed by atoms with Crippen LogP contribution in [0.15, 0.2) is 82.1 Å². The Hall–Kier alpha value is -3.69. The van der Waals surface area contributed by atoms with Crippen LogP contribution >= 0.6 is 11.6 Å². The van der Waals surface area contributed by atoms with Crippen molar-refractivity contribution in [2.45, 2.75) is 4.90 Å². The molecule has 0 spiro atoms. The first-order chi connectivity index (χ1) is 15.3. The lowest BCUT2D eigenvalue weighted by Gasteiger charge is -2.20. The summed E-state index contributed by atoms with van der Waals surface area (Å²) in [6.07, 6.45) is 0. The molecule has 0 bridgehead atoms. The maximum atomic E-state index is 12.9. The lowest BCUT2D eigenvalue weighted by molar-refractivity contribution is 0.0730. The van der Waals surface area contributed by atoms with E-state index in [1.54, 1.807) is 42.5 Å². The third kappa shape index (κ3) is 4.20. The van der Waals surface area contributed by atoms with Crippen molar-refractivity contribution in [3.05, 3.63) is 94.5 Å². The first-order valence-corrected chi connectivity index (χ1v) is 11.1. The van der Waals surface area contributed by atoms with Crippen molar-refractivity contribution < 1.29 is 22.7 Å². The average molecular weight is 470 g/mol. The lowest BCUT2D eigenvalue weighted by Crippen LogP contribution is -2.43. The molecule has 0 saturated heterocycles. The summed E-state index contributed by atoms with van der Waals surface area (Å²) in [6.45, 7) is 0. The molecule has 0 radical (unpaired) electrons. The minimum absolute atomic E-state index is 0.0414. The predicted octanol–water partition coefficient (Wildman–Crippen LogP) is 3.28. The number of para-hydroxylation sites is 1. The maximum absolute atomic E-state index is 12.9. The number of hydrogen-bond donors (Lipinski definition) is 1. The highest BCUT2D eigenvalue weighted by atomic mass is 35.5. The fourth-order valence-electron chi connectivity index (χ4n) is 3.08. The first-order valence-electron chi connectivity index (χ1n) is 9.32. The summed E-state index contributed by atoms with van der Waals surface area (Å²) in [5.74, 6) is -1.16. The Morgan fingerprint density at radius 3 is 2.38 bits per heavy atom. The quantitative estimate of drug-likeness (QED) is 0.358. The molecule has 0 unspecified atom stereocenters. The Labute approximate surface area is 189 Å². The van der Waals surface area contributed by atoms with Crippen molar-refractivity contribution in [2.75, 3.05) is 7.05 Å². The molecule has 0 aromatic heterocycles. The van der Waals surface area contributed by atoms with Gasteiger partial charge in [-0.15, -0.1) is 4.40 Å². The number of benzene rings is 3. The van der Waals surface area contributed by atoms with Gasteiger partial charge < -0.3 is 4.74 Å². The lowest BCUT2D eigenvalue weighted by atomic mass is 10.2. The van der Waals surface area contributed by atoms with Gasteiger partial charge in [-0.2, -0.15) is 8.42 Å². The van der Waals surface area contributed by atoms with E-state index in [0.29, 0.717) is 10.6 Å². The molecule has 162 valence electrons. The van der Waals surface area contributed by atoms with Crippen LogP contribution in [-0.2, 0) is 10.0 Å². The van der Waals surface area contributed by atoms with Gasteiger partial charge in [0.1, 0.15) is 10.6 Å². The largest absolute Gasteiger partial charge is 0.422 e. The van der Waals surface area contributed by atoms with E-state index in [9.17, 15) is 18.0 Å². The van der Waals surface area contributed by atoms with Crippen LogP contribution in [-0.4, -0.2) is 38.2 Å². The van der Waals surface area contributed by atoms with E-state index in [4.69, 9.17) is 16.3 Å². The molecule has 32 heavy (non-hydrogen) atoms. The van der Waals surface area contributed by atoms with Crippen molar-refractivity contribution in [3.8, 4) is 5.75 Å². The number of nitrogens with zero attached hydrogens (tertiary/aromatic N) is 2. The molecule has 0 saturated carbocycles. The highest BCUT2D eigenvalue weighted by molar-refractivity contribution is 7.90. The van der Waals surface area contributed by atoms with E-state index in [-0.39, 0.29) is 27.6 Å². The number of hydrazine groups is 1. The average Bonchev–Trinajstić information content (AvgIpc) is 3.06. The third-order valence-corrected chi connectivity index (χ3v) is 6.19. The second kappa shape index (κ2) is 8.45. The van der Waals surface area contributed by atoms with E-state index in [2.05, 4.69) is 9.82 Å². The zero-order valence-corrected chi connectivity index (χ0v) is 18.2. The minimum Gasteiger partial charge on any atom is -0.422 e. The highest BCUT2D eigenvalue weighted by Gasteiger charge is 2.31. The van der Waals surface area contributed by atoms with Crippen LogP contribution < -0.4 is 10.2 Å². The standard InChI is InChI=1S/C22H16ClN3O5S/c1-26(20-17-7-3-5-9-19(17)32(29,30)25-20)24-21(27)16-6-2-4-8-18(16)31-22(28)14-10-12-15(23)13-11-14/h2-13H,1H3,(H,24,27). The Balaban J connectivity index is 1.55. The van der Waals surface area contributed by atoms with Crippen LogP contribution in [0.25, 0.3) is 0 Å². The topological polar surface area (TPSA) is 105 Å². The Kier molecular flexibility index (Phi) is 5.68. The number of amides is 1. The van der Waals surface area contributed by atoms with Gasteiger partial charge in [0.15, 0.2) is 5.84 Å². The molecular formula is C22H16ClN3O5S. The van der Waals surface area contributed by atoms with Crippen LogP contribution in [0.2, 0.25) is 5.02 Å². The molecule has 4 rings (SSSR count). The summed E-state index contributed by atoms with van der Waals surface area (Å²) < 4.78 is 33.7. The maximum Gasteiger partial charge on any atom is 0.343 e. The molecular weight excluding hydrogens is 454 g/mol. The molecule has 1 aliphatic rings. The summed E-state index contributed by atoms with van der Waals surface area (Å²) in [6, 6.07) is 18.6. The number of sulfonamides is 1. The number of fused-ring (bicyclic) bond motifs is 1. The van der Waals surface area contributed by atoms with Crippen molar-refractivity contribution in [1.29, 1.82) is 0 Å². The number of halogens is 1. The molecule has 8 nitrogen and oxygen atoms in total. The Morgan fingerprint density at radius 2 is 1.62 bits per heavy atom. The molecule has 0 fully saturated rings. The van der Waals surface area contributed by atoms with Gasteiger partial charge in [0.25, 0.3) is 15.9 Å². The van der Waals surface area contributed by atoms with Crippen molar-refractivity contribution >= 4 is 39.3 Å². The van der Waals surface area contributed by atoms with E-state index < -0.39 is 21.9 Å². The van der Waals surface area contributed by atoms with Crippen LogP contribution in [0.4, 0.5) is 0 Å². The SMILES string of the molecule is CN(NC(=O)c1ccccc1OC(=O)c1ccc(Cl)cc1)C1=NS(=O)(=O)c2ccccc21. The zero-order valence-electron chi connectivity index (χ0n) is 16.7. The van der Waals surface area contributed by atoms with Gasteiger partial charge in [0.2, 0.25) is 0 Å². The number of esters is 1. The zero-order chi connectivity index (χ0) is 22.9. The number of hydrogen-bond acceptors (Lipinski definition) is 6. The molecule has 1 amide bonds. The molecule has 1 aliphatic heterocycles. The molecule has 3 aromatic carbocycles. The number of rotatable bonds is 3. The van der Waals surface area contributed by atoms with Crippen molar-refractivity contribution in [3.63, 3.8) is 0 Å². The van der Waals surface area contributed by atoms with Gasteiger partial charge in [-0.3, -0.25) is 15.2 Å². The van der Waals surface area contributed by atoms with Gasteiger partial charge in [-0.1, -0.05) is 35.9 Å². The first kappa shape index (κ1) is 21.5. The summed E-state index contributed by atoms with van der Waals surface area (Å²) in [5, 5.41) is 1.69. The molecule has 0 atom stereocenters. The third-order valence-electron chi connectivity index (χ3n) is 4.61. The fourth-order valence-corrected chi connectivity index (χ4v) is 4.44. The van der Waals surface area contributed by atoms with Crippen LogP contribution in [0.3, 0.4) is 0 Å². The van der Waals surface area contributed by atoms with Crippen molar-refractivity contribution in [2.24, 2.45) is 4.40 Å². The van der Waals surface area contributed by atoms with E-state index >= 15 is 0 Å².